The molecule has 21 heavy (non-hydrogen) atoms. The van der Waals surface area contributed by atoms with Crippen molar-refractivity contribution < 1.29 is 9.66 Å². The molecule has 1 atom stereocenters. The maximum atomic E-state index is 11.4. The number of ether oxygens (including phenoxy) is 1. The van der Waals surface area contributed by atoms with E-state index < -0.39 is 0 Å². The van der Waals surface area contributed by atoms with Crippen LogP contribution in [0.2, 0.25) is 0 Å². The van der Waals surface area contributed by atoms with Gasteiger partial charge in [0, 0.05) is 19.3 Å². The maximum Gasteiger partial charge on any atom is 0.301 e. The van der Waals surface area contributed by atoms with Crippen LogP contribution in [0.5, 0.6) is 0 Å². The molecule has 1 aliphatic heterocycles. The molecule has 1 unspecified atom stereocenters. The van der Waals surface area contributed by atoms with Gasteiger partial charge >= 0.3 is 5.69 Å². The van der Waals surface area contributed by atoms with Gasteiger partial charge in [0.05, 0.1) is 21.9 Å². The van der Waals surface area contributed by atoms with Crippen LogP contribution in [0.1, 0.15) is 19.3 Å². The van der Waals surface area contributed by atoms with E-state index in [0.29, 0.717) is 23.1 Å². The molecule has 1 aromatic carbocycles. The van der Waals surface area contributed by atoms with Crippen LogP contribution in [-0.2, 0) is 4.74 Å². The standard InChI is InChI=1S/C15H17N3O3/c19-18(20)15-12-4-1-8-16-13(12)5-6-14(15)17-9-7-11-3-2-10-21-11/h1,4-6,8,11,17H,2-3,7,9-10H2. The number of anilines is 1. The predicted molar refractivity (Wildman–Crippen MR) is 80.5 cm³/mol. The lowest BCUT2D eigenvalue weighted by Gasteiger charge is -2.12. The van der Waals surface area contributed by atoms with Crippen molar-refractivity contribution in [3.63, 3.8) is 0 Å². The summed E-state index contributed by atoms with van der Waals surface area (Å²) in [5, 5.41) is 15.1. The predicted octanol–water partition coefficient (Wildman–Crippen LogP) is 3.12. The molecule has 0 amide bonds. The van der Waals surface area contributed by atoms with E-state index in [1.54, 1.807) is 30.5 Å². The Morgan fingerprint density at radius 2 is 2.33 bits per heavy atom. The molecule has 1 N–H and O–H groups in total. The van der Waals surface area contributed by atoms with Gasteiger partial charge in [0.15, 0.2) is 0 Å². The molecular weight excluding hydrogens is 270 g/mol. The monoisotopic (exact) mass is 287 g/mol. The Balaban J connectivity index is 1.80. The molecule has 0 spiro atoms. The van der Waals surface area contributed by atoms with Gasteiger partial charge < -0.3 is 10.1 Å². The average molecular weight is 287 g/mol. The second-order valence-corrected chi connectivity index (χ2v) is 5.14. The van der Waals surface area contributed by atoms with Crippen molar-refractivity contribution >= 4 is 22.3 Å². The highest BCUT2D eigenvalue weighted by Gasteiger charge is 2.20. The number of nitro groups is 1. The summed E-state index contributed by atoms with van der Waals surface area (Å²) >= 11 is 0. The number of fused-ring (bicyclic) bond motifs is 1. The zero-order valence-corrected chi connectivity index (χ0v) is 11.6. The molecule has 6 heteroatoms. The number of nitrogens with zero attached hydrogens (tertiary/aromatic N) is 2. The molecule has 0 radical (unpaired) electrons. The van der Waals surface area contributed by atoms with Crippen LogP contribution in [0.4, 0.5) is 11.4 Å². The normalized spacial score (nSPS) is 18.0. The molecule has 110 valence electrons. The quantitative estimate of drug-likeness (QED) is 0.675. The van der Waals surface area contributed by atoms with Crippen molar-refractivity contribution in [2.75, 3.05) is 18.5 Å². The summed E-state index contributed by atoms with van der Waals surface area (Å²) in [6.45, 7) is 1.49. The van der Waals surface area contributed by atoms with Crippen LogP contribution in [0.15, 0.2) is 30.5 Å². The summed E-state index contributed by atoms with van der Waals surface area (Å²) in [4.78, 5) is 15.2. The lowest BCUT2D eigenvalue weighted by Crippen LogP contribution is -2.13. The Labute approximate surface area is 122 Å². The highest BCUT2D eigenvalue weighted by Crippen LogP contribution is 2.32. The van der Waals surface area contributed by atoms with Crippen molar-refractivity contribution in [3.8, 4) is 0 Å². The van der Waals surface area contributed by atoms with Crippen molar-refractivity contribution in [1.82, 2.24) is 4.98 Å². The fraction of sp³-hybridized carbons (Fsp3) is 0.400. The van der Waals surface area contributed by atoms with Gasteiger partial charge in [-0.1, -0.05) is 0 Å². The van der Waals surface area contributed by atoms with Gasteiger partial charge in [-0.15, -0.1) is 0 Å². The maximum absolute atomic E-state index is 11.4. The molecule has 0 bridgehead atoms. The molecule has 6 nitrogen and oxygen atoms in total. The summed E-state index contributed by atoms with van der Waals surface area (Å²) in [5.41, 5.74) is 1.26. The third-order valence-corrected chi connectivity index (χ3v) is 3.74. The Morgan fingerprint density at radius 3 is 3.10 bits per heavy atom. The minimum atomic E-state index is -0.349. The minimum absolute atomic E-state index is 0.0907. The van der Waals surface area contributed by atoms with Crippen LogP contribution in [0, 0.1) is 10.1 Å². The van der Waals surface area contributed by atoms with Gasteiger partial charge in [-0.25, -0.2) is 0 Å². The number of hydrogen-bond acceptors (Lipinski definition) is 5. The van der Waals surface area contributed by atoms with E-state index in [-0.39, 0.29) is 16.7 Å². The average Bonchev–Trinajstić information content (AvgIpc) is 3.00. The lowest BCUT2D eigenvalue weighted by atomic mass is 10.1. The summed E-state index contributed by atoms with van der Waals surface area (Å²) in [5.74, 6) is 0. The van der Waals surface area contributed by atoms with Gasteiger partial charge in [-0.2, -0.15) is 0 Å². The smallest absolute Gasteiger partial charge is 0.301 e. The van der Waals surface area contributed by atoms with Crippen molar-refractivity contribution in [3.05, 3.63) is 40.6 Å². The first-order valence-corrected chi connectivity index (χ1v) is 7.13. The molecule has 0 saturated carbocycles. The number of benzene rings is 1. The van der Waals surface area contributed by atoms with Gasteiger partial charge in [-0.3, -0.25) is 15.1 Å². The number of rotatable bonds is 5. The Bertz CT molecular complexity index is 654. The number of hydrogen-bond donors (Lipinski definition) is 1. The van der Waals surface area contributed by atoms with Crippen LogP contribution in [0.3, 0.4) is 0 Å². The molecule has 1 fully saturated rings. The Morgan fingerprint density at radius 1 is 1.43 bits per heavy atom. The summed E-state index contributed by atoms with van der Waals surface area (Å²) in [7, 11) is 0. The largest absolute Gasteiger partial charge is 0.379 e. The van der Waals surface area contributed by atoms with Gasteiger partial charge in [0.25, 0.3) is 0 Å². The Hall–Kier alpha value is -2.21. The van der Waals surface area contributed by atoms with Crippen molar-refractivity contribution in [2.24, 2.45) is 0 Å². The number of nitro benzene ring substituents is 1. The molecule has 2 aromatic rings. The highest BCUT2D eigenvalue weighted by atomic mass is 16.6. The van der Waals surface area contributed by atoms with E-state index in [9.17, 15) is 10.1 Å². The first kappa shape index (κ1) is 13.8. The summed E-state index contributed by atoms with van der Waals surface area (Å²) in [6.07, 6.45) is 4.95. The second-order valence-electron chi connectivity index (χ2n) is 5.14. The van der Waals surface area contributed by atoms with Gasteiger partial charge in [0.1, 0.15) is 5.69 Å². The number of nitrogens with one attached hydrogen (secondary N) is 1. The van der Waals surface area contributed by atoms with Crippen LogP contribution < -0.4 is 5.32 Å². The van der Waals surface area contributed by atoms with E-state index >= 15 is 0 Å². The van der Waals surface area contributed by atoms with Crippen LogP contribution in [0.25, 0.3) is 10.9 Å². The zero-order chi connectivity index (χ0) is 14.7. The number of aromatic nitrogens is 1. The fourth-order valence-electron chi connectivity index (χ4n) is 2.72. The third-order valence-electron chi connectivity index (χ3n) is 3.74. The topological polar surface area (TPSA) is 77.3 Å². The molecule has 3 rings (SSSR count). The van der Waals surface area contributed by atoms with Crippen LogP contribution in [-0.4, -0.2) is 29.2 Å². The van der Waals surface area contributed by atoms with E-state index in [4.69, 9.17) is 4.74 Å². The fourth-order valence-corrected chi connectivity index (χ4v) is 2.72. The zero-order valence-electron chi connectivity index (χ0n) is 11.6. The summed E-state index contributed by atoms with van der Waals surface area (Å²) in [6, 6.07) is 6.97. The SMILES string of the molecule is O=[N+]([O-])c1c(NCCC2CCCO2)ccc2ncccc12. The first-order chi connectivity index (χ1) is 10.3. The molecule has 2 heterocycles. The van der Waals surface area contributed by atoms with Crippen molar-refractivity contribution in [1.29, 1.82) is 0 Å². The molecule has 1 saturated heterocycles. The molecule has 1 aromatic heterocycles. The minimum Gasteiger partial charge on any atom is -0.379 e. The number of pyridine rings is 1. The van der Waals surface area contributed by atoms with E-state index in [1.807, 2.05) is 0 Å². The summed E-state index contributed by atoms with van der Waals surface area (Å²) < 4.78 is 5.55. The van der Waals surface area contributed by atoms with E-state index in [2.05, 4.69) is 10.3 Å². The molecule has 0 aliphatic carbocycles. The van der Waals surface area contributed by atoms with Crippen molar-refractivity contribution in [2.45, 2.75) is 25.4 Å². The van der Waals surface area contributed by atoms with Crippen LogP contribution >= 0.6 is 0 Å². The molecular formula is C15H17N3O3. The second kappa shape index (κ2) is 6.05. The first-order valence-electron chi connectivity index (χ1n) is 7.13. The van der Waals surface area contributed by atoms with E-state index in [0.717, 1.165) is 25.9 Å². The Kier molecular flexibility index (Phi) is 3.96. The van der Waals surface area contributed by atoms with E-state index in [1.165, 1.54) is 0 Å². The van der Waals surface area contributed by atoms with Gasteiger partial charge in [-0.05, 0) is 43.5 Å². The lowest BCUT2D eigenvalue weighted by molar-refractivity contribution is -0.382. The molecule has 1 aliphatic rings. The highest BCUT2D eigenvalue weighted by molar-refractivity contribution is 5.94. The third kappa shape index (κ3) is 2.95. The van der Waals surface area contributed by atoms with Gasteiger partial charge in [0.2, 0.25) is 0 Å².